The molecule has 0 aliphatic carbocycles. The molecule has 0 aliphatic heterocycles. The van der Waals surface area contributed by atoms with Crippen LogP contribution in [-0.4, -0.2) is 21.3 Å². The first kappa shape index (κ1) is 17.0. The molecular weight excluding hydrogens is 360 g/mol. The molecule has 3 N–H and O–H groups in total. The number of thiazole rings is 1. The number of aromatic hydroxyl groups is 1. The van der Waals surface area contributed by atoms with Crippen LogP contribution in [0.1, 0.15) is 11.1 Å². The molecule has 27 heavy (non-hydrogen) atoms. The van der Waals surface area contributed by atoms with Crippen molar-refractivity contribution in [2.24, 2.45) is 5.10 Å². The molecule has 0 atom stereocenters. The number of H-pyrrole nitrogens is 1. The van der Waals surface area contributed by atoms with Gasteiger partial charge in [0.15, 0.2) is 0 Å². The van der Waals surface area contributed by atoms with E-state index in [-0.39, 0.29) is 11.3 Å². The second kappa shape index (κ2) is 7.05. The topological polar surface area (TPSA) is 90.4 Å². The van der Waals surface area contributed by atoms with Gasteiger partial charge in [0, 0.05) is 16.3 Å². The van der Waals surface area contributed by atoms with Crippen molar-refractivity contribution in [3.05, 3.63) is 75.4 Å². The Morgan fingerprint density at radius 2 is 2.04 bits per heavy atom. The van der Waals surface area contributed by atoms with Gasteiger partial charge in [-0.15, -0.1) is 11.3 Å². The Balaban J connectivity index is 1.59. The fourth-order valence-corrected chi connectivity index (χ4v) is 3.41. The van der Waals surface area contributed by atoms with Crippen molar-refractivity contribution >= 4 is 33.6 Å². The SMILES string of the molecule is Cc1ccc2[nH]c(=O)c(/C=N/Nc3nc(-c4ccccc4)cs3)c(O)c2c1. The van der Waals surface area contributed by atoms with Crippen molar-refractivity contribution in [2.75, 3.05) is 5.43 Å². The Hall–Kier alpha value is -3.45. The Morgan fingerprint density at radius 3 is 2.85 bits per heavy atom. The molecule has 4 aromatic rings. The molecule has 0 aliphatic rings. The molecule has 0 amide bonds. The van der Waals surface area contributed by atoms with Gasteiger partial charge in [0.25, 0.3) is 5.56 Å². The molecular formula is C20H16N4O2S. The van der Waals surface area contributed by atoms with E-state index in [9.17, 15) is 9.90 Å². The smallest absolute Gasteiger partial charge is 0.261 e. The zero-order valence-electron chi connectivity index (χ0n) is 14.4. The summed E-state index contributed by atoms with van der Waals surface area (Å²) in [5.74, 6) is -0.0906. The molecule has 2 aromatic carbocycles. The molecule has 0 saturated carbocycles. The minimum absolute atomic E-state index is 0.0906. The van der Waals surface area contributed by atoms with Crippen LogP contribution in [0.5, 0.6) is 5.75 Å². The van der Waals surface area contributed by atoms with Crippen LogP contribution in [0.15, 0.2) is 63.8 Å². The van der Waals surface area contributed by atoms with Crippen molar-refractivity contribution in [1.82, 2.24) is 9.97 Å². The van der Waals surface area contributed by atoms with Crippen molar-refractivity contribution in [3.8, 4) is 17.0 Å². The molecule has 4 rings (SSSR count). The molecule has 0 fully saturated rings. The summed E-state index contributed by atoms with van der Waals surface area (Å²) in [4.78, 5) is 19.4. The summed E-state index contributed by atoms with van der Waals surface area (Å²) < 4.78 is 0. The number of aromatic amines is 1. The van der Waals surface area contributed by atoms with Crippen molar-refractivity contribution in [3.63, 3.8) is 0 Å². The zero-order chi connectivity index (χ0) is 18.8. The van der Waals surface area contributed by atoms with Gasteiger partial charge < -0.3 is 10.1 Å². The minimum Gasteiger partial charge on any atom is -0.506 e. The Bertz CT molecular complexity index is 1200. The summed E-state index contributed by atoms with van der Waals surface area (Å²) >= 11 is 1.41. The fourth-order valence-electron chi connectivity index (χ4n) is 2.74. The summed E-state index contributed by atoms with van der Waals surface area (Å²) in [6.07, 6.45) is 1.31. The molecule has 6 nitrogen and oxygen atoms in total. The molecule has 0 unspecified atom stereocenters. The summed E-state index contributed by atoms with van der Waals surface area (Å²) in [5.41, 5.74) is 5.94. The first-order chi connectivity index (χ1) is 13.1. The van der Waals surface area contributed by atoms with Gasteiger partial charge in [0.2, 0.25) is 5.13 Å². The zero-order valence-corrected chi connectivity index (χ0v) is 15.2. The number of rotatable bonds is 4. The molecule has 0 spiro atoms. The first-order valence-corrected chi connectivity index (χ1v) is 9.15. The standard InChI is InChI=1S/C20H16N4O2S/c1-12-7-8-16-14(9-12)18(25)15(19(26)22-16)10-21-24-20-23-17(11-27-20)13-5-3-2-4-6-13/h2-11H,1H3,(H,23,24)(H2,22,25,26)/b21-10+. The third-order valence-corrected chi connectivity index (χ3v) is 4.85. The molecule has 7 heteroatoms. The fraction of sp³-hybridized carbons (Fsp3) is 0.0500. The van der Waals surface area contributed by atoms with E-state index in [1.54, 1.807) is 6.07 Å². The van der Waals surface area contributed by atoms with Gasteiger partial charge in [-0.25, -0.2) is 4.98 Å². The first-order valence-electron chi connectivity index (χ1n) is 8.27. The van der Waals surface area contributed by atoms with Crippen LogP contribution in [0, 0.1) is 6.92 Å². The van der Waals surface area contributed by atoms with Crippen LogP contribution in [0.4, 0.5) is 5.13 Å². The summed E-state index contributed by atoms with van der Waals surface area (Å²) in [5, 5.41) is 17.6. The maximum absolute atomic E-state index is 12.2. The second-order valence-corrected chi connectivity index (χ2v) is 6.90. The quantitative estimate of drug-likeness (QED) is 0.369. The Kier molecular flexibility index (Phi) is 4.43. The third kappa shape index (κ3) is 3.45. The molecule has 0 saturated heterocycles. The molecule has 0 bridgehead atoms. The number of pyridine rings is 1. The second-order valence-electron chi connectivity index (χ2n) is 6.04. The monoisotopic (exact) mass is 376 g/mol. The number of anilines is 1. The van der Waals surface area contributed by atoms with Crippen LogP contribution in [0.2, 0.25) is 0 Å². The van der Waals surface area contributed by atoms with Crippen LogP contribution in [-0.2, 0) is 0 Å². The third-order valence-electron chi connectivity index (χ3n) is 4.11. The number of benzene rings is 2. The van der Waals surface area contributed by atoms with Gasteiger partial charge in [-0.2, -0.15) is 5.10 Å². The van der Waals surface area contributed by atoms with E-state index in [0.29, 0.717) is 16.0 Å². The van der Waals surface area contributed by atoms with E-state index in [0.717, 1.165) is 16.8 Å². The predicted octanol–water partition coefficient (Wildman–Crippen LogP) is 4.11. The van der Waals surface area contributed by atoms with Gasteiger partial charge in [-0.3, -0.25) is 10.2 Å². The lowest BCUT2D eigenvalue weighted by molar-refractivity contribution is 0.479. The lowest BCUT2D eigenvalue weighted by Crippen LogP contribution is -2.13. The highest BCUT2D eigenvalue weighted by molar-refractivity contribution is 7.14. The summed E-state index contributed by atoms with van der Waals surface area (Å²) in [6.45, 7) is 1.92. The molecule has 134 valence electrons. The average molecular weight is 376 g/mol. The lowest BCUT2D eigenvalue weighted by Gasteiger charge is -2.05. The van der Waals surface area contributed by atoms with Gasteiger partial charge in [-0.1, -0.05) is 42.0 Å². The van der Waals surface area contributed by atoms with Crippen LogP contribution >= 0.6 is 11.3 Å². The van der Waals surface area contributed by atoms with E-state index in [4.69, 9.17) is 0 Å². The van der Waals surface area contributed by atoms with E-state index >= 15 is 0 Å². The number of hydrogen-bond acceptors (Lipinski definition) is 6. The van der Waals surface area contributed by atoms with Crippen molar-refractivity contribution in [2.45, 2.75) is 6.92 Å². The minimum atomic E-state index is -0.404. The van der Waals surface area contributed by atoms with Crippen molar-refractivity contribution in [1.29, 1.82) is 0 Å². The highest BCUT2D eigenvalue weighted by Gasteiger charge is 2.10. The van der Waals surface area contributed by atoms with E-state index in [1.807, 2.05) is 54.8 Å². The normalized spacial score (nSPS) is 11.3. The van der Waals surface area contributed by atoms with Crippen LogP contribution in [0.25, 0.3) is 22.2 Å². The number of fused-ring (bicyclic) bond motifs is 1. The van der Waals surface area contributed by atoms with Gasteiger partial charge in [0.05, 0.1) is 17.4 Å². The molecule has 0 radical (unpaired) electrons. The largest absolute Gasteiger partial charge is 0.506 e. The van der Waals surface area contributed by atoms with Gasteiger partial charge >= 0.3 is 0 Å². The Labute approximate surface area is 158 Å². The molecule has 2 heterocycles. The van der Waals surface area contributed by atoms with Gasteiger partial charge in [0.1, 0.15) is 11.3 Å². The number of nitrogens with zero attached hydrogens (tertiary/aromatic N) is 2. The number of aromatic nitrogens is 2. The number of hydrogen-bond donors (Lipinski definition) is 3. The maximum atomic E-state index is 12.2. The predicted molar refractivity (Wildman–Crippen MR) is 110 cm³/mol. The Morgan fingerprint density at radius 1 is 1.22 bits per heavy atom. The number of hydrazone groups is 1. The van der Waals surface area contributed by atoms with E-state index in [1.165, 1.54) is 17.6 Å². The number of nitrogens with one attached hydrogen (secondary N) is 2. The summed E-state index contributed by atoms with van der Waals surface area (Å²) in [7, 11) is 0. The number of aryl methyl sites for hydroxylation is 1. The highest BCUT2D eigenvalue weighted by atomic mass is 32.1. The van der Waals surface area contributed by atoms with Crippen LogP contribution < -0.4 is 11.0 Å². The lowest BCUT2D eigenvalue weighted by atomic mass is 10.1. The van der Waals surface area contributed by atoms with E-state index in [2.05, 4.69) is 20.5 Å². The molecule has 2 aromatic heterocycles. The summed E-state index contributed by atoms with van der Waals surface area (Å²) in [6, 6.07) is 15.3. The van der Waals surface area contributed by atoms with Crippen molar-refractivity contribution < 1.29 is 5.11 Å². The van der Waals surface area contributed by atoms with Crippen LogP contribution in [0.3, 0.4) is 0 Å². The van der Waals surface area contributed by atoms with Gasteiger partial charge in [-0.05, 0) is 19.1 Å². The maximum Gasteiger partial charge on any atom is 0.261 e. The highest BCUT2D eigenvalue weighted by Crippen LogP contribution is 2.26. The average Bonchev–Trinajstić information content (AvgIpc) is 3.15. The van der Waals surface area contributed by atoms with E-state index < -0.39 is 5.56 Å².